The van der Waals surface area contributed by atoms with Gasteiger partial charge in [-0.3, -0.25) is 4.79 Å². The summed E-state index contributed by atoms with van der Waals surface area (Å²) in [7, 11) is 0. The lowest BCUT2D eigenvalue weighted by atomic mass is 9.90. The predicted octanol–water partition coefficient (Wildman–Crippen LogP) is 4.44. The molecule has 2 aliphatic rings. The standard InChI is InChI=1S/C16H18OS/c17-15-11-16(18-12-7-3-1-4-8-12)14-10-6-2-5-9-13(14)15/h1,3-4,7-8,11,13-14H,2,5-6,9-10H2/t13-,14+/m1/s1. The van der Waals surface area contributed by atoms with Gasteiger partial charge in [-0.2, -0.15) is 0 Å². The first-order valence-electron chi connectivity index (χ1n) is 6.83. The van der Waals surface area contributed by atoms with E-state index in [1.54, 1.807) is 11.8 Å². The summed E-state index contributed by atoms with van der Waals surface area (Å²) < 4.78 is 0. The summed E-state index contributed by atoms with van der Waals surface area (Å²) in [6.45, 7) is 0. The Balaban J connectivity index is 1.79. The quantitative estimate of drug-likeness (QED) is 0.780. The van der Waals surface area contributed by atoms with Crippen LogP contribution in [0.2, 0.25) is 0 Å². The minimum atomic E-state index is 0.290. The van der Waals surface area contributed by atoms with Crippen LogP contribution in [0.3, 0.4) is 0 Å². The Hall–Kier alpha value is -1.02. The lowest BCUT2D eigenvalue weighted by molar-refractivity contribution is -0.118. The van der Waals surface area contributed by atoms with E-state index in [-0.39, 0.29) is 0 Å². The van der Waals surface area contributed by atoms with Crippen molar-refractivity contribution in [2.75, 3.05) is 0 Å². The molecule has 0 spiro atoms. The van der Waals surface area contributed by atoms with Crippen molar-refractivity contribution in [3.63, 3.8) is 0 Å². The molecule has 3 rings (SSSR count). The first-order valence-corrected chi connectivity index (χ1v) is 7.64. The number of fused-ring (bicyclic) bond motifs is 1. The molecule has 0 N–H and O–H groups in total. The first kappa shape index (κ1) is 12.0. The highest BCUT2D eigenvalue weighted by atomic mass is 32.2. The van der Waals surface area contributed by atoms with Gasteiger partial charge in [0, 0.05) is 16.7 Å². The van der Waals surface area contributed by atoms with Crippen molar-refractivity contribution in [2.45, 2.75) is 37.0 Å². The third-order valence-electron chi connectivity index (χ3n) is 4.01. The Morgan fingerprint density at radius 3 is 2.44 bits per heavy atom. The minimum Gasteiger partial charge on any atom is -0.294 e. The van der Waals surface area contributed by atoms with Gasteiger partial charge in [0.05, 0.1) is 0 Å². The zero-order valence-electron chi connectivity index (χ0n) is 10.5. The number of ketones is 1. The second-order valence-corrected chi connectivity index (χ2v) is 6.36. The van der Waals surface area contributed by atoms with Crippen molar-refractivity contribution >= 4 is 17.5 Å². The van der Waals surface area contributed by atoms with E-state index < -0.39 is 0 Å². The van der Waals surface area contributed by atoms with Gasteiger partial charge < -0.3 is 0 Å². The topological polar surface area (TPSA) is 17.1 Å². The number of carbonyl (C=O) groups is 1. The molecule has 2 aliphatic carbocycles. The van der Waals surface area contributed by atoms with Crippen LogP contribution in [0.25, 0.3) is 0 Å². The molecule has 1 aromatic carbocycles. The molecule has 1 fully saturated rings. The van der Waals surface area contributed by atoms with Crippen LogP contribution in [0.15, 0.2) is 46.2 Å². The van der Waals surface area contributed by atoms with Crippen molar-refractivity contribution in [3.05, 3.63) is 41.3 Å². The van der Waals surface area contributed by atoms with Gasteiger partial charge in [0.2, 0.25) is 0 Å². The molecule has 0 radical (unpaired) electrons. The average Bonchev–Trinajstić information content (AvgIpc) is 2.59. The molecular weight excluding hydrogens is 240 g/mol. The second kappa shape index (κ2) is 5.31. The summed E-state index contributed by atoms with van der Waals surface area (Å²) in [6, 6.07) is 10.4. The van der Waals surface area contributed by atoms with E-state index in [9.17, 15) is 4.79 Å². The average molecular weight is 258 g/mol. The zero-order chi connectivity index (χ0) is 12.4. The summed E-state index contributed by atoms with van der Waals surface area (Å²) in [4.78, 5) is 14.6. The van der Waals surface area contributed by atoms with Gasteiger partial charge in [-0.25, -0.2) is 0 Å². The normalized spacial score (nSPS) is 27.6. The maximum absolute atomic E-state index is 12.1. The molecule has 0 saturated heterocycles. The van der Waals surface area contributed by atoms with E-state index in [2.05, 4.69) is 24.3 Å². The van der Waals surface area contributed by atoms with E-state index in [0.717, 1.165) is 6.42 Å². The van der Waals surface area contributed by atoms with Crippen molar-refractivity contribution in [3.8, 4) is 0 Å². The van der Waals surface area contributed by atoms with Crippen LogP contribution in [0.1, 0.15) is 32.1 Å². The van der Waals surface area contributed by atoms with Gasteiger partial charge in [0.25, 0.3) is 0 Å². The van der Waals surface area contributed by atoms with Crippen LogP contribution in [-0.2, 0) is 4.79 Å². The Labute approximate surface area is 113 Å². The van der Waals surface area contributed by atoms with Gasteiger partial charge in [-0.15, -0.1) is 0 Å². The number of hydrogen-bond donors (Lipinski definition) is 0. The first-order chi connectivity index (χ1) is 8.84. The van der Waals surface area contributed by atoms with Crippen molar-refractivity contribution < 1.29 is 4.79 Å². The molecule has 0 aliphatic heterocycles. The third kappa shape index (κ3) is 2.39. The number of hydrogen-bond acceptors (Lipinski definition) is 2. The second-order valence-electron chi connectivity index (χ2n) is 5.22. The number of allylic oxidation sites excluding steroid dienone is 2. The molecular formula is C16H18OS. The zero-order valence-corrected chi connectivity index (χ0v) is 11.3. The fourth-order valence-corrected chi connectivity index (χ4v) is 4.25. The largest absolute Gasteiger partial charge is 0.294 e. The molecule has 18 heavy (non-hydrogen) atoms. The summed E-state index contributed by atoms with van der Waals surface area (Å²) >= 11 is 1.79. The predicted molar refractivity (Wildman–Crippen MR) is 75.5 cm³/mol. The van der Waals surface area contributed by atoms with E-state index in [4.69, 9.17) is 0 Å². The summed E-state index contributed by atoms with van der Waals surface area (Å²) in [6.07, 6.45) is 8.01. The van der Waals surface area contributed by atoms with Crippen molar-refractivity contribution in [1.82, 2.24) is 0 Å². The molecule has 1 aromatic rings. The van der Waals surface area contributed by atoms with Gasteiger partial charge in [-0.05, 0) is 36.0 Å². The number of carbonyl (C=O) groups excluding carboxylic acids is 1. The molecule has 0 unspecified atom stereocenters. The molecule has 2 heteroatoms. The number of benzene rings is 1. The van der Waals surface area contributed by atoms with Gasteiger partial charge in [0.1, 0.15) is 0 Å². The highest BCUT2D eigenvalue weighted by Gasteiger charge is 2.36. The van der Waals surface area contributed by atoms with Crippen LogP contribution in [0.5, 0.6) is 0 Å². The van der Waals surface area contributed by atoms with Gasteiger partial charge in [0.15, 0.2) is 5.78 Å². The smallest absolute Gasteiger partial charge is 0.160 e. The molecule has 1 saturated carbocycles. The summed E-state index contributed by atoms with van der Waals surface area (Å²) in [5.41, 5.74) is 0. The van der Waals surface area contributed by atoms with Crippen LogP contribution < -0.4 is 0 Å². The monoisotopic (exact) mass is 258 g/mol. The van der Waals surface area contributed by atoms with E-state index >= 15 is 0 Å². The van der Waals surface area contributed by atoms with Crippen LogP contribution in [0, 0.1) is 11.8 Å². The Bertz CT molecular complexity index is 463. The van der Waals surface area contributed by atoms with E-state index in [1.807, 2.05) is 12.1 Å². The lowest BCUT2D eigenvalue weighted by Gasteiger charge is -2.18. The highest BCUT2D eigenvalue weighted by molar-refractivity contribution is 8.03. The van der Waals surface area contributed by atoms with E-state index in [0.29, 0.717) is 17.6 Å². The molecule has 0 bridgehead atoms. The SMILES string of the molecule is O=C1C=C(Sc2ccccc2)[C@H]2CCCCC[C@@H]12. The molecule has 1 nitrogen and oxygen atoms in total. The van der Waals surface area contributed by atoms with Gasteiger partial charge >= 0.3 is 0 Å². The third-order valence-corrected chi connectivity index (χ3v) is 5.17. The molecule has 0 amide bonds. The Kier molecular flexibility index (Phi) is 3.55. The highest BCUT2D eigenvalue weighted by Crippen LogP contribution is 2.45. The number of rotatable bonds is 2. The maximum atomic E-state index is 12.1. The van der Waals surface area contributed by atoms with Crippen LogP contribution in [0.4, 0.5) is 0 Å². The number of thioether (sulfide) groups is 1. The molecule has 0 aromatic heterocycles. The lowest BCUT2D eigenvalue weighted by Crippen LogP contribution is -2.15. The summed E-state index contributed by atoms with van der Waals surface area (Å²) in [5, 5.41) is 0. The molecule has 94 valence electrons. The minimum absolute atomic E-state index is 0.290. The van der Waals surface area contributed by atoms with Crippen molar-refractivity contribution in [1.29, 1.82) is 0 Å². The molecule has 2 atom stereocenters. The van der Waals surface area contributed by atoms with Gasteiger partial charge in [-0.1, -0.05) is 49.2 Å². The summed E-state index contributed by atoms with van der Waals surface area (Å²) in [5.74, 6) is 1.17. The molecule has 0 heterocycles. The Morgan fingerprint density at radius 1 is 0.944 bits per heavy atom. The van der Waals surface area contributed by atoms with E-state index in [1.165, 1.54) is 35.5 Å². The fourth-order valence-electron chi connectivity index (χ4n) is 3.07. The Morgan fingerprint density at radius 2 is 1.67 bits per heavy atom. The maximum Gasteiger partial charge on any atom is 0.160 e. The fraction of sp³-hybridized carbons (Fsp3) is 0.438. The van der Waals surface area contributed by atoms with Crippen LogP contribution in [-0.4, -0.2) is 5.78 Å². The van der Waals surface area contributed by atoms with Crippen molar-refractivity contribution in [2.24, 2.45) is 11.8 Å². The van der Waals surface area contributed by atoms with Crippen LogP contribution >= 0.6 is 11.8 Å².